The van der Waals surface area contributed by atoms with E-state index in [1.54, 1.807) is 4.57 Å². The molecule has 0 bridgehead atoms. The Morgan fingerprint density at radius 2 is 1.50 bits per heavy atom. The number of nitrogens with one attached hydrogen (secondary N) is 4. The third-order valence-corrected chi connectivity index (χ3v) is 6.33. The maximum atomic E-state index is 13.0. The molecule has 168 valence electrons. The third kappa shape index (κ3) is 3.49. The lowest BCUT2D eigenvalue weighted by Gasteiger charge is -2.10. The van der Waals surface area contributed by atoms with E-state index in [1.807, 2.05) is 67.0 Å². The van der Waals surface area contributed by atoms with Crippen LogP contribution in [0.2, 0.25) is 0 Å². The van der Waals surface area contributed by atoms with Gasteiger partial charge in [0.05, 0.1) is 11.4 Å². The first-order chi connectivity index (χ1) is 16.8. The molecule has 0 fully saturated rings. The summed E-state index contributed by atoms with van der Waals surface area (Å²) < 4.78 is 1.78. The molecule has 34 heavy (non-hydrogen) atoms. The molecule has 0 amide bonds. The Morgan fingerprint density at radius 1 is 0.765 bits per heavy atom. The zero-order valence-corrected chi connectivity index (χ0v) is 18.6. The smallest absolute Gasteiger partial charge is 0.330 e. The Morgan fingerprint density at radius 3 is 2.35 bits per heavy atom. The zero-order chi connectivity index (χ0) is 22.9. The lowest BCUT2D eigenvalue weighted by atomic mass is 10.0. The van der Waals surface area contributed by atoms with Gasteiger partial charge < -0.3 is 20.3 Å². The average molecular weight is 448 g/mol. The van der Waals surface area contributed by atoms with Crippen LogP contribution in [-0.4, -0.2) is 26.1 Å². The van der Waals surface area contributed by atoms with Crippen molar-refractivity contribution in [3.8, 4) is 16.9 Å². The summed E-state index contributed by atoms with van der Waals surface area (Å²) in [5.41, 5.74) is 6.95. The summed E-state index contributed by atoms with van der Waals surface area (Å²) in [4.78, 5) is 22.9. The third-order valence-electron chi connectivity index (χ3n) is 6.33. The average Bonchev–Trinajstić information content (AvgIpc) is 3.56. The molecule has 0 aliphatic carbocycles. The number of H-pyrrole nitrogens is 3. The molecule has 0 saturated heterocycles. The molecular formula is C28H25N5O. The van der Waals surface area contributed by atoms with Crippen molar-refractivity contribution in [2.45, 2.75) is 12.8 Å². The molecule has 3 aromatic heterocycles. The summed E-state index contributed by atoms with van der Waals surface area (Å²) in [5.74, 6) is 0. The minimum absolute atomic E-state index is 0.151. The van der Waals surface area contributed by atoms with Crippen LogP contribution in [0.15, 0.2) is 96.1 Å². The summed E-state index contributed by atoms with van der Waals surface area (Å²) >= 11 is 0. The van der Waals surface area contributed by atoms with Crippen molar-refractivity contribution in [3.05, 3.63) is 107 Å². The van der Waals surface area contributed by atoms with Crippen molar-refractivity contribution in [1.29, 1.82) is 0 Å². The molecule has 0 radical (unpaired) electrons. The van der Waals surface area contributed by atoms with Gasteiger partial charge in [0.25, 0.3) is 0 Å². The second kappa shape index (κ2) is 8.48. The number of benzene rings is 3. The largest absolute Gasteiger partial charge is 0.385 e. The molecule has 0 aliphatic heterocycles. The van der Waals surface area contributed by atoms with Crippen LogP contribution >= 0.6 is 0 Å². The van der Waals surface area contributed by atoms with Gasteiger partial charge in [-0.25, -0.2) is 4.79 Å². The standard InChI is InChI=1S/C28H25N5O/c34-28-31-18-26(33(28)25-17-30-22-13-6-4-11-20(22)25)27-21-12-5-7-14-23(21)32-24(27)15-8-16-29-19-9-2-1-3-10-19/h1-7,9-14,17-18,29-30,32H,8,15-16H2,(H,31,34). The normalized spacial score (nSPS) is 11.4. The number of anilines is 1. The first-order valence-electron chi connectivity index (χ1n) is 11.6. The van der Waals surface area contributed by atoms with Crippen LogP contribution in [0.5, 0.6) is 0 Å². The minimum atomic E-state index is -0.151. The highest BCUT2D eigenvalue weighted by atomic mass is 16.1. The Labute approximate surface area is 196 Å². The van der Waals surface area contributed by atoms with Gasteiger partial charge in [0.15, 0.2) is 0 Å². The Hall–Kier alpha value is -4.45. The van der Waals surface area contributed by atoms with E-state index >= 15 is 0 Å². The fraction of sp³-hybridized carbons (Fsp3) is 0.107. The molecule has 0 spiro atoms. The van der Waals surface area contributed by atoms with Crippen molar-refractivity contribution in [2.24, 2.45) is 0 Å². The molecule has 6 heteroatoms. The number of fused-ring (bicyclic) bond motifs is 2. The van der Waals surface area contributed by atoms with E-state index < -0.39 is 0 Å². The molecule has 0 unspecified atom stereocenters. The minimum Gasteiger partial charge on any atom is -0.385 e. The number of hydrogen-bond donors (Lipinski definition) is 4. The van der Waals surface area contributed by atoms with Crippen LogP contribution in [0.3, 0.4) is 0 Å². The number of aromatic amines is 3. The molecule has 6 rings (SSSR count). The zero-order valence-electron chi connectivity index (χ0n) is 18.6. The van der Waals surface area contributed by atoms with Crippen LogP contribution < -0.4 is 11.0 Å². The maximum absolute atomic E-state index is 13.0. The number of aryl methyl sites for hydroxylation is 1. The molecule has 6 aromatic rings. The summed E-state index contributed by atoms with van der Waals surface area (Å²) in [5, 5.41) is 5.61. The quantitative estimate of drug-likeness (QED) is 0.232. The number of nitrogens with zero attached hydrogens (tertiary/aromatic N) is 1. The molecule has 3 heterocycles. The predicted molar refractivity (Wildman–Crippen MR) is 139 cm³/mol. The van der Waals surface area contributed by atoms with E-state index in [4.69, 9.17) is 0 Å². The summed E-state index contributed by atoms with van der Waals surface area (Å²) in [7, 11) is 0. The first-order valence-corrected chi connectivity index (χ1v) is 11.6. The van der Waals surface area contributed by atoms with Crippen LogP contribution in [0, 0.1) is 0 Å². The highest BCUT2D eigenvalue weighted by Crippen LogP contribution is 2.34. The van der Waals surface area contributed by atoms with Crippen molar-refractivity contribution < 1.29 is 0 Å². The van der Waals surface area contributed by atoms with Crippen LogP contribution in [-0.2, 0) is 6.42 Å². The number of para-hydroxylation sites is 3. The fourth-order valence-electron chi connectivity index (χ4n) is 4.76. The summed E-state index contributed by atoms with van der Waals surface area (Å²) in [6.45, 7) is 0.862. The molecule has 0 saturated carbocycles. The number of hydrogen-bond acceptors (Lipinski definition) is 2. The lowest BCUT2D eigenvalue weighted by Crippen LogP contribution is -2.15. The van der Waals surface area contributed by atoms with Gasteiger partial charge in [-0.2, -0.15) is 0 Å². The maximum Gasteiger partial charge on any atom is 0.330 e. The van der Waals surface area contributed by atoms with Crippen molar-refractivity contribution >= 4 is 27.5 Å². The molecule has 3 aromatic carbocycles. The Balaban J connectivity index is 1.40. The van der Waals surface area contributed by atoms with Gasteiger partial charge in [-0.15, -0.1) is 0 Å². The SMILES string of the molecule is O=c1[nH]cc(-c2c(CCCNc3ccccc3)[nH]c3ccccc23)n1-c1c[nH]c2ccccc12. The van der Waals surface area contributed by atoms with Crippen molar-refractivity contribution in [1.82, 2.24) is 19.5 Å². The predicted octanol–water partition coefficient (Wildman–Crippen LogP) is 5.84. The summed E-state index contributed by atoms with van der Waals surface area (Å²) in [6, 6.07) is 26.6. The summed E-state index contributed by atoms with van der Waals surface area (Å²) in [6.07, 6.45) is 5.54. The van der Waals surface area contributed by atoms with E-state index in [0.29, 0.717) is 0 Å². The number of aromatic nitrogens is 4. The second-order valence-electron chi connectivity index (χ2n) is 8.45. The molecule has 0 aliphatic rings. The van der Waals surface area contributed by atoms with Crippen LogP contribution in [0.25, 0.3) is 38.8 Å². The second-order valence-corrected chi connectivity index (χ2v) is 8.45. The van der Waals surface area contributed by atoms with E-state index in [1.165, 1.54) is 0 Å². The number of imidazole rings is 1. The van der Waals surface area contributed by atoms with Crippen LogP contribution in [0.4, 0.5) is 5.69 Å². The highest BCUT2D eigenvalue weighted by Gasteiger charge is 2.20. The molecule has 6 nitrogen and oxygen atoms in total. The lowest BCUT2D eigenvalue weighted by molar-refractivity contribution is 0.845. The van der Waals surface area contributed by atoms with E-state index in [0.717, 1.165) is 69.5 Å². The monoisotopic (exact) mass is 447 g/mol. The van der Waals surface area contributed by atoms with Gasteiger partial charge in [-0.1, -0.05) is 54.6 Å². The van der Waals surface area contributed by atoms with Gasteiger partial charge in [0.1, 0.15) is 0 Å². The van der Waals surface area contributed by atoms with Gasteiger partial charge in [-0.3, -0.25) is 4.57 Å². The molecule has 4 N–H and O–H groups in total. The van der Waals surface area contributed by atoms with Crippen molar-refractivity contribution in [3.63, 3.8) is 0 Å². The molecule has 0 atom stereocenters. The van der Waals surface area contributed by atoms with E-state index in [9.17, 15) is 4.79 Å². The van der Waals surface area contributed by atoms with Gasteiger partial charge in [-0.05, 0) is 37.1 Å². The molecular weight excluding hydrogens is 422 g/mol. The van der Waals surface area contributed by atoms with E-state index in [2.05, 4.69) is 44.5 Å². The topological polar surface area (TPSA) is 81.4 Å². The first kappa shape index (κ1) is 20.2. The fourth-order valence-corrected chi connectivity index (χ4v) is 4.76. The van der Waals surface area contributed by atoms with Crippen molar-refractivity contribution in [2.75, 3.05) is 11.9 Å². The number of rotatable bonds is 7. The Kier molecular flexibility index (Phi) is 5.03. The van der Waals surface area contributed by atoms with Crippen LogP contribution in [0.1, 0.15) is 12.1 Å². The van der Waals surface area contributed by atoms with Gasteiger partial charge >= 0.3 is 5.69 Å². The Bertz CT molecular complexity index is 1630. The van der Waals surface area contributed by atoms with E-state index in [-0.39, 0.29) is 5.69 Å². The van der Waals surface area contributed by atoms with Gasteiger partial charge in [0, 0.05) is 57.7 Å². The highest BCUT2D eigenvalue weighted by molar-refractivity contribution is 5.98. The van der Waals surface area contributed by atoms with Gasteiger partial charge in [0.2, 0.25) is 0 Å².